The zero-order chi connectivity index (χ0) is 14.2. The van der Waals surface area contributed by atoms with E-state index in [4.69, 9.17) is 14.2 Å². The van der Waals surface area contributed by atoms with Gasteiger partial charge in [-0.3, -0.25) is 0 Å². The fourth-order valence-electron chi connectivity index (χ4n) is 2.88. The van der Waals surface area contributed by atoms with Crippen LogP contribution in [0, 0.1) is 5.41 Å². The van der Waals surface area contributed by atoms with E-state index in [2.05, 4.69) is 35.5 Å². The maximum Gasteiger partial charge on any atom is 0.127 e. The molecule has 1 aromatic rings. The maximum absolute atomic E-state index is 6.21. The summed E-state index contributed by atoms with van der Waals surface area (Å²) < 4.78 is 18.6. The third-order valence-electron chi connectivity index (χ3n) is 4.23. The van der Waals surface area contributed by atoms with Crippen LogP contribution in [0.15, 0.2) is 29.3 Å². The summed E-state index contributed by atoms with van der Waals surface area (Å²) in [5, 5.41) is 0. The van der Waals surface area contributed by atoms with Crippen LogP contribution in [-0.2, 0) is 9.47 Å². The molecule has 0 aliphatic carbocycles. The van der Waals surface area contributed by atoms with Crippen molar-refractivity contribution >= 4 is 21.5 Å². The fourth-order valence-corrected chi connectivity index (χ4v) is 3.24. The quantitative estimate of drug-likeness (QED) is 0.722. The van der Waals surface area contributed by atoms with Gasteiger partial charge in [-0.1, -0.05) is 22.5 Å². The molecule has 2 aliphatic heterocycles. The molecule has 0 aromatic heterocycles. The molecule has 2 aliphatic rings. The predicted octanol–water partition coefficient (Wildman–Crippen LogP) is 3.67. The Morgan fingerprint density at radius 1 is 1.25 bits per heavy atom. The molecule has 0 radical (unpaired) electrons. The summed E-state index contributed by atoms with van der Waals surface area (Å²) in [6.45, 7) is 9.10. The van der Waals surface area contributed by atoms with Gasteiger partial charge in [0, 0.05) is 16.5 Å². The first-order valence-electron chi connectivity index (χ1n) is 6.93. The standard InChI is InChI=1S/C16H19BrO3/c1-11-13-9-12(17)3-4-14(13)20-15-5-6-18-7-8-19-10-16(11,15)2/h3-4,9,15H,1,5-8,10H2,2H3. The lowest BCUT2D eigenvalue weighted by atomic mass is 9.72. The summed E-state index contributed by atoms with van der Waals surface area (Å²) in [4.78, 5) is 0. The van der Waals surface area contributed by atoms with Crippen LogP contribution in [0.25, 0.3) is 5.57 Å². The molecule has 2 heterocycles. The zero-order valence-electron chi connectivity index (χ0n) is 11.7. The highest BCUT2D eigenvalue weighted by Crippen LogP contribution is 2.48. The van der Waals surface area contributed by atoms with Crippen molar-refractivity contribution in [3.63, 3.8) is 0 Å². The van der Waals surface area contributed by atoms with Crippen molar-refractivity contribution in [3.8, 4) is 5.75 Å². The minimum Gasteiger partial charge on any atom is -0.489 e. The van der Waals surface area contributed by atoms with Gasteiger partial charge in [0.1, 0.15) is 11.9 Å². The van der Waals surface area contributed by atoms with E-state index in [-0.39, 0.29) is 11.5 Å². The molecule has 1 saturated heterocycles. The first-order valence-corrected chi connectivity index (χ1v) is 7.72. The van der Waals surface area contributed by atoms with Crippen LogP contribution in [-0.4, -0.2) is 32.5 Å². The second-order valence-corrected chi connectivity index (χ2v) is 6.51. The van der Waals surface area contributed by atoms with Crippen molar-refractivity contribution in [3.05, 3.63) is 34.8 Å². The third-order valence-corrected chi connectivity index (χ3v) is 4.73. The Morgan fingerprint density at radius 3 is 2.90 bits per heavy atom. The summed E-state index contributed by atoms with van der Waals surface area (Å²) in [5.41, 5.74) is 1.95. The largest absolute Gasteiger partial charge is 0.489 e. The number of ether oxygens (including phenoxy) is 3. The normalized spacial score (nSPS) is 30.3. The van der Waals surface area contributed by atoms with Crippen LogP contribution in [0.3, 0.4) is 0 Å². The molecule has 0 amide bonds. The summed E-state index contributed by atoms with van der Waals surface area (Å²) in [5.74, 6) is 0.903. The molecule has 0 bridgehead atoms. The van der Waals surface area contributed by atoms with E-state index in [0.29, 0.717) is 26.4 Å². The number of benzene rings is 1. The highest BCUT2D eigenvalue weighted by molar-refractivity contribution is 9.10. The van der Waals surface area contributed by atoms with E-state index in [1.54, 1.807) is 0 Å². The van der Waals surface area contributed by atoms with Gasteiger partial charge in [0.25, 0.3) is 0 Å². The Labute approximate surface area is 128 Å². The fraction of sp³-hybridized carbons (Fsp3) is 0.500. The van der Waals surface area contributed by atoms with Crippen LogP contribution < -0.4 is 4.74 Å². The Kier molecular flexibility index (Phi) is 3.89. The van der Waals surface area contributed by atoms with Gasteiger partial charge in [-0.15, -0.1) is 0 Å². The Hall–Kier alpha value is -0.840. The van der Waals surface area contributed by atoms with Gasteiger partial charge < -0.3 is 14.2 Å². The van der Waals surface area contributed by atoms with Crippen molar-refractivity contribution in [1.82, 2.24) is 0 Å². The topological polar surface area (TPSA) is 27.7 Å². The lowest BCUT2D eigenvalue weighted by Gasteiger charge is -2.43. The van der Waals surface area contributed by atoms with Gasteiger partial charge in [-0.05, 0) is 30.7 Å². The second-order valence-electron chi connectivity index (χ2n) is 5.60. The highest BCUT2D eigenvalue weighted by atomic mass is 79.9. The summed E-state index contributed by atoms with van der Waals surface area (Å²) in [6, 6.07) is 6.07. The minimum absolute atomic E-state index is 0.0433. The molecule has 0 saturated carbocycles. The van der Waals surface area contributed by atoms with Crippen molar-refractivity contribution < 1.29 is 14.2 Å². The molecule has 108 valence electrons. The van der Waals surface area contributed by atoms with Gasteiger partial charge >= 0.3 is 0 Å². The Balaban J connectivity index is 2.00. The molecule has 4 heteroatoms. The molecule has 1 aromatic carbocycles. The van der Waals surface area contributed by atoms with Gasteiger partial charge in [-0.2, -0.15) is 0 Å². The minimum atomic E-state index is -0.207. The molecule has 0 spiro atoms. The van der Waals surface area contributed by atoms with Gasteiger partial charge in [0.2, 0.25) is 0 Å². The van der Waals surface area contributed by atoms with E-state index in [1.165, 1.54) is 0 Å². The smallest absolute Gasteiger partial charge is 0.127 e. The summed E-state index contributed by atoms with van der Waals surface area (Å²) in [7, 11) is 0. The lowest BCUT2D eigenvalue weighted by molar-refractivity contribution is 0.00940. The van der Waals surface area contributed by atoms with E-state index >= 15 is 0 Å². The van der Waals surface area contributed by atoms with Gasteiger partial charge in [0.05, 0.1) is 31.8 Å². The molecule has 0 N–H and O–H groups in total. The Bertz CT molecular complexity index is 528. The molecule has 2 atom stereocenters. The van der Waals surface area contributed by atoms with Crippen molar-refractivity contribution in [1.29, 1.82) is 0 Å². The number of hydrogen-bond donors (Lipinski definition) is 0. The number of hydrogen-bond acceptors (Lipinski definition) is 3. The molecule has 1 fully saturated rings. The SMILES string of the molecule is C=C1c2cc(Br)ccc2OC2CCOCCOCC12C. The molecule has 3 rings (SSSR count). The van der Waals surface area contributed by atoms with E-state index in [1.807, 2.05) is 12.1 Å². The lowest BCUT2D eigenvalue weighted by Crippen LogP contribution is -2.44. The first-order chi connectivity index (χ1) is 9.61. The zero-order valence-corrected chi connectivity index (χ0v) is 13.2. The molecule has 2 unspecified atom stereocenters. The summed E-state index contributed by atoms with van der Waals surface area (Å²) in [6.07, 6.45) is 0.899. The highest BCUT2D eigenvalue weighted by Gasteiger charge is 2.44. The van der Waals surface area contributed by atoms with Crippen LogP contribution in [0.2, 0.25) is 0 Å². The average Bonchev–Trinajstić information content (AvgIpc) is 2.52. The molecular formula is C16H19BrO3. The first kappa shape index (κ1) is 14.1. The van der Waals surface area contributed by atoms with Crippen LogP contribution in [0.4, 0.5) is 0 Å². The predicted molar refractivity (Wildman–Crippen MR) is 82.0 cm³/mol. The van der Waals surface area contributed by atoms with Crippen LogP contribution in [0.1, 0.15) is 18.9 Å². The average molecular weight is 339 g/mol. The van der Waals surface area contributed by atoms with E-state index in [0.717, 1.165) is 27.8 Å². The van der Waals surface area contributed by atoms with E-state index in [9.17, 15) is 0 Å². The number of halogens is 1. The molecule has 20 heavy (non-hydrogen) atoms. The van der Waals surface area contributed by atoms with Crippen LogP contribution in [0.5, 0.6) is 5.75 Å². The van der Waals surface area contributed by atoms with Crippen molar-refractivity contribution in [2.24, 2.45) is 5.41 Å². The number of rotatable bonds is 0. The second kappa shape index (κ2) is 5.51. The number of fused-ring (bicyclic) bond motifs is 2. The summed E-state index contributed by atoms with van der Waals surface area (Å²) >= 11 is 3.52. The van der Waals surface area contributed by atoms with Crippen LogP contribution >= 0.6 is 15.9 Å². The third kappa shape index (κ3) is 2.41. The molecule has 3 nitrogen and oxygen atoms in total. The van der Waals surface area contributed by atoms with Gasteiger partial charge in [0.15, 0.2) is 0 Å². The van der Waals surface area contributed by atoms with Gasteiger partial charge in [-0.25, -0.2) is 0 Å². The van der Waals surface area contributed by atoms with Crippen molar-refractivity contribution in [2.45, 2.75) is 19.4 Å². The maximum atomic E-state index is 6.21. The van der Waals surface area contributed by atoms with E-state index < -0.39 is 0 Å². The monoisotopic (exact) mass is 338 g/mol. The Morgan fingerprint density at radius 2 is 2.05 bits per heavy atom. The molecular weight excluding hydrogens is 320 g/mol. The van der Waals surface area contributed by atoms with Crippen molar-refractivity contribution in [2.75, 3.05) is 26.4 Å².